The summed E-state index contributed by atoms with van der Waals surface area (Å²) >= 11 is 1.40. The molecule has 0 aliphatic heterocycles. The summed E-state index contributed by atoms with van der Waals surface area (Å²) < 4.78 is 5.72. The molecule has 6 heteroatoms. The third kappa shape index (κ3) is 1.86. The number of hydrogen-bond acceptors (Lipinski definition) is 6. The van der Waals surface area contributed by atoms with Crippen molar-refractivity contribution in [2.75, 3.05) is 5.73 Å². The number of pyridine rings is 1. The van der Waals surface area contributed by atoms with Crippen LogP contribution >= 0.6 is 11.3 Å². The summed E-state index contributed by atoms with van der Waals surface area (Å²) in [5, 5.41) is 10.1. The van der Waals surface area contributed by atoms with Gasteiger partial charge in [0, 0.05) is 11.6 Å². The highest BCUT2D eigenvalue weighted by molar-refractivity contribution is 7.13. The lowest BCUT2D eigenvalue weighted by atomic mass is 10.2. The lowest BCUT2D eigenvalue weighted by Gasteiger charge is -2.06. The number of ether oxygens (including phenoxy) is 1. The average molecular weight is 258 g/mol. The van der Waals surface area contributed by atoms with Crippen molar-refractivity contribution in [2.24, 2.45) is 0 Å². The van der Waals surface area contributed by atoms with Gasteiger partial charge in [0.15, 0.2) is 0 Å². The molecule has 2 aromatic heterocycles. The summed E-state index contributed by atoms with van der Waals surface area (Å²) in [7, 11) is 0. The zero-order chi connectivity index (χ0) is 12.5. The molecule has 0 radical (unpaired) electrons. The smallest absolute Gasteiger partial charge is 0.299 e. The van der Waals surface area contributed by atoms with Crippen molar-refractivity contribution in [3.05, 3.63) is 35.5 Å². The fourth-order valence-electron chi connectivity index (χ4n) is 1.67. The van der Waals surface area contributed by atoms with E-state index in [2.05, 4.69) is 15.2 Å². The van der Waals surface area contributed by atoms with E-state index in [-0.39, 0.29) is 0 Å². The van der Waals surface area contributed by atoms with Gasteiger partial charge in [-0.2, -0.15) is 0 Å². The Morgan fingerprint density at radius 2 is 2.11 bits per heavy atom. The van der Waals surface area contributed by atoms with E-state index in [1.54, 1.807) is 12.3 Å². The lowest BCUT2D eigenvalue weighted by molar-refractivity contribution is 0.478. The van der Waals surface area contributed by atoms with Crippen LogP contribution in [0.3, 0.4) is 0 Å². The largest absolute Gasteiger partial charge is 0.429 e. The maximum absolute atomic E-state index is 5.88. The fourth-order valence-corrected chi connectivity index (χ4v) is 2.22. The molecule has 90 valence electrons. The number of benzene rings is 1. The Kier molecular flexibility index (Phi) is 2.56. The Labute approximate surface area is 107 Å². The van der Waals surface area contributed by atoms with Gasteiger partial charge in [-0.1, -0.05) is 16.4 Å². The van der Waals surface area contributed by atoms with E-state index in [4.69, 9.17) is 10.5 Å². The van der Waals surface area contributed by atoms with Crippen molar-refractivity contribution in [1.29, 1.82) is 0 Å². The van der Waals surface area contributed by atoms with Gasteiger partial charge >= 0.3 is 0 Å². The number of hydrogen-bond donors (Lipinski definition) is 1. The van der Waals surface area contributed by atoms with E-state index in [9.17, 15) is 0 Å². The Morgan fingerprint density at radius 3 is 2.89 bits per heavy atom. The van der Waals surface area contributed by atoms with Gasteiger partial charge < -0.3 is 10.5 Å². The van der Waals surface area contributed by atoms with Gasteiger partial charge in [-0.3, -0.25) is 4.98 Å². The van der Waals surface area contributed by atoms with E-state index in [0.717, 1.165) is 15.9 Å². The molecule has 0 saturated heterocycles. The molecular weight excluding hydrogens is 248 g/mol. The van der Waals surface area contributed by atoms with Crippen molar-refractivity contribution in [2.45, 2.75) is 6.92 Å². The quantitative estimate of drug-likeness (QED) is 0.715. The Bertz CT molecular complexity index is 710. The number of nitrogen functional groups attached to an aromatic ring is 1. The van der Waals surface area contributed by atoms with Gasteiger partial charge in [0.25, 0.3) is 5.19 Å². The molecule has 3 rings (SSSR count). The van der Waals surface area contributed by atoms with Crippen LogP contribution in [0.2, 0.25) is 0 Å². The molecule has 0 spiro atoms. The second-order valence-electron chi connectivity index (χ2n) is 3.74. The molecule has 1 aromatic carbocycles. The van der Waals surface area contributed by atoms with Gasteiger partial charge in [0.2, 0.25) is 0 Å². The lowest BCUT2D eigenvalue weighted by Crippen LogP contribution is -1.92. The third-order valence-corrected chi connectivity index (χ3v) is 3.18. The molecule has 0 saturated carbocycles. The molecule has 0 bridgehead atoms. The summed E-state index contributed by atoms with van der Waals surface area (Å²) in [5.41, 5.74) is 7.24. The minimum absolute atomic E-state index is 0.516. The van der Waals surface area contributed by atoms with Gasteiger partial charge in [0.1, 0.15) is 10.8 Å². The second kappa shape index (κ2) is 4.23. The van der Waals surface area contributed by atoms with Crippen molar-refractivity contribution in [1.82, 2.24) is 15.2 Å². The molecule has 0 aliphatic carbocycles. The van der Waals surface area contributed by atoms with Crippen LogP contribution in [0.15, 0.2) is 30.5 Å². The number of fused-ring (bicyclic) bond motifs is 1. The Balaban J connectivity index is 2.09. The van der Waals surface area contributed by atoms with Crippen LogP contribution in [0.4, 0.5) is 5.69 Å². The Hall–Kier alpha value is -2.21. The molecule has 0 unspecified atom stereocenters. The highest BCUT2D eigenvalue weighted by Gasteiger charge is 2.09. The number of rotatable bonds is 2. The van der Waals surface area contributed by atoms with Crippen LogP contribution in [0, 0.1) is 6.92 Å². The standard InChI is InChI=1S/C12H10N4OS/c1-7-15-16-12(18-7)17-10-5-4-9(13)11-8(10)3-2-6-14-11/h2-6H,13H2,1H3. The molecule has 0 aliphatic rings. The highest BCUT2D eigenvalue weighted by atomic mass is 32.1. The maximum atomic E-state index is 5.88. The van der Waals surface area contributed by atoms with Crippen LogP contribution < -0.4 is 10.5 Å². The molecule has 3 aromatic rings. The molecule has 18 heavy (non-hydrogen) atoms. The average Bonchev–Trinajstić information content (AvgIpc) is 2.79. The van der Waals surface area contributed by atoms with Crippen molar-refractivity contribution < 1.29 is 4.74 Å². The molecule has 0 atom stereocenters. The van der Waals surface area contributed by atoms with Crippen molar-refractivity contribution >= 4 is 27.9 Å². The maximum Gasteiger partial charge on any atom is 0.299 e. The van der Waals surface area contributed by atoms with Crippen molar-refractivity contribution in [3.8, 4) is 10.9 Å². The van der Waals surface area contributed by atoms with Crippen LogP contribution in [-0.4, -0.2) is 15.2 Å². The predicted molar refractivity (Wildman–Crippen MR) is 70.9 cm³/mol. The molecule has 0 fully saturated rings. The molecule has 5 nitrogen and oxygen atoms in total. The first-order valence-corrected chi connectivity index (χ1v) is 6.17. The second-order valence-corrected chi connectivity index (χ2v) is 4.89. The van der Waals surface area contributed by atoms with Gasteiger partial charge in [-0.15, -0.1) is 5.10 Å². The first-order chi connectivity index (χ1) is 8.74. The highest BCUT2D eigenvalue weighted by Crippen LogP contribution is 2.32. The molecule has 2 heterocycles. The van der Waals surface area contributed by atoms with Crippen LogP contribution in [0.5, 0.6) is 10.9 Å². The number of nitrogens with two attached hydrogens (primary N) is 1. The summed E-state index contributed by atoms with van der Waals surface area (Å²) in [6, 6.07) is 7.36. The van der Waals surface area contributed by atoms with Gasteiger partial charge in [0.05, 0.1) is 11.2 Å². The SMILES string of the molecule is Cc1nnc(Oc2ccc(N)c3ncccc23)s1. The summed E-state index contributed by atoms with van der Waals surface area (Å²) in [6.07, 6.45) is 1.71. The topological polar surface area (TPSA) is 73.9 Å². The van der Waals surface area contributed by atoms with Crippen LogP contribution in [0.1, 0.15) is 5.01 Å². The predicted octanol–water partition coefficient (Wildman–Crippen LogP) is 2.77. The molecule has 2 N–H and O–H groups in total. The number of nitrogens with zero attached hydrogens (tertiary/aromatic N) is 3. The third-order valence-electron chi connectivity index (χ3n) is 2.47. The summed E-state index contributed by atoms with van der Waals surface area (Å²) in [4.78, 5) is 4.25. The van der Waals surface area contributed by atoms with E-state index < -0.39 is 0 Å². The normalized spacial score (nSPS) is 10.7. The number of aromatic nitrogens is 3. The van der Waals surface area contributed by atoms with Crippen molar-refractivity contribution in [3.63, 3.8) is 0 Å². The van der Waals surface area contributed by atoms with E-state index >= 15 is 0 Å². The van der Waals surface area contributed by atoms with E-state index in [1.165, 1.54) is 11.3 Å². The van der Waals surface area contributed by atoms with Crippen LogP contribution in [-0.2, 0) is 0 Å². The number of anilines is 1. The molecular formula is C12H10N4OS. The first-order valence-electron chi connectivity index (χ1n) is 5.35. The van der Waals surface area contributed by atoms with Crippen LogP contribution in [0.25, 0.3) is 10.9 Å². The van der Waals surface area contributed by atoms with E-state index in [1.807, 2.05) is 25.1 Å². The monoisotopic (exact) mass is 258 g/mol. The zero-order valence-corrected chi connectivity index (χ0v) is 10.4. The summed E-state index contributed by atoms with van der Waals surface area (Å²) in [6.45, 7) is 1.88. The van der Waals surface area contributed by atoms with E-state index in [0.29, 0.717) is 16.6 Å². The number of aryl methyl sites for hydroxylation is 1. The van der Waals surface area contributed by atoms with Gasteiger partial charge in [-0.05, 0) is 31.2 Å². The zero-order valence-electron chi connectivity index (χ0n) is 9.62. The first kappa shape index (κ1) is 10.9. The minimum Gasteiger partial charge on any atom is -0.429 e. The van der Waals surface area contributed by atoms with Gasteiger partial charge in [-0.25, -0.2) is 0 Å². The Morgan fingerprint density at radius 1 is 1.22 bits per heavy atom. The molecule has 0 amide bonds. The summed E-state index contributed by atoms with van der Waals surface area (Å²) in [5.74, 6) is 0.684. The minimum atomic E-state index is 0.516. The fraction of sp³-hybridized carbons (Fsp3) is 0.0833.